The second-order valence-electron chi connectivity index (χ2n) is 13.0. The highest BCUT2D eigenvalue weighted by molar-refractivity contribution is 5.69. The molecule has 4 aromatic rings. The highest BCUT2D eigenvalue weighted by atomic mass is 16.3. The summed E-state index contributed by atoms with van der Waals surface area (Å²) in [5.74, 6) is 0.969. The normalized spacial score (nSPS) is 22.8. The monoisotopic (exact) mass is 564 g/mol. The van der Waals surface area contributed by atoms with E-state index in [1.807, 2.05) is 25.0 Å². The molecule has 0 unspecified atom stereocenters. The second kappa shape index (κ2) is 12.2. The maximum absolute atomic E-state index is 10.7. The minimum absolute atomic E-state index is 0.197. The molecule has 4 atom stereocenters. The number of hydrogen-bond acceptors (Lipinski definition) is 4. The Hall–Kier alpha value is -3.22. The summed E-state index contributed by atoms with van der Waals surface area (Å²) in [6, 6.07) is 17.6. The van der Waals surface area contributed by atoms with Gasteiger partial charge in [0.15, 0.2) is 0 Å². The molecule has 6 nitrogen and oxygen atoms in total. The number of rotatable bonds is 6. The Morgan fingerprint density at radius 2 is 1.00 bits per heavy atom. The first-order chi connectivity index (χ1) is 20.7. The molecular weight excluding hydrogens is 520 g/mol. The fraction of sp³-hybridized carbons (Fsp3) is 0.500. The van der Waals surface area contributed by atoms with E-state index in [1.54, 1.807) is 0 Å². The first-order valence-electron chi connectivity index (χ1n) is 16.3. The highest BCUT2D eigenvalue weighted by Crippen LogP contribution is 2.44. The van der Waals surface area contributed by atoms with Crippen LogP contribution in [-0.2, 0) is 0 Å². The van der Waals surface area contributed by atoms with E-state index in [0.717, 1.165) is 12.8 Å². The van der Waals surface area contributed by atoms with Crippen LogP contribution in [0.15, 0.2) is 73.6 Å². The Morgan fingerprint density at radius 1 is 0.595 bits per heavy atom. The molecule has 2 N–H and O–H groups in total. The first-order valence-corrected chi connectivity index (χ1v) is 16.3. The van der Waals surface area contributed by atoms with E-state index in [4.69, 9.17) is 0 Å². The Kier molecular flexibility index (Phi) is 8.00. The SMILES string of the molecule is O[C@@H](C[C@H]1c2ccccc2-c2cncn21)C1CCCCC1.O[C@@H](C[C@H]1c2ccccc2-c2cncn21)C1CCCCC1. The predicted molar refractivity (Wildman–Crippen MR) is 166 cm³/mol. The van der Waals surface area contributed by atoms with Crippen LogP contribution in [0.4, 0.5) is 0 Å². The molecule has 0 bridgehead atoms. The molecule has 220 valence electrons. The molecule has 6 heteroatoms. The molecule has 0 radical (unpaired) electrons. The van der Waals surface area contributed by atoms with Crippen LogP contribution in [0, 0.1) is 11.8 Å². The van der Waals surface area contributed by atoms with Crippen LogP contribution in [0.3, 0.4) is 0 Å². The van der Waals surface area contributed by atoms with Crippen molar-refractivity contribution in [3.63, 3.8) is 0 Å². The summed E-state index contributed by atoms with van der Waals surface area (Å²) in [6.07, 6.45) is 21.4. The standard InChI is InChI=1S/2C18H22N2O/c2*21-18(13-6-2-1-3-7-13)10-16-14-8-4-5-9-15(14)17-11-19-12-20(16)17/h2*4-5,8-9,11-13,16,18,21H,1-3,6-7,10H2/t2*16-,18-/m00/s1. The summed E-state index contributed by atoms with van der Waals surface area (Å²) in [6.45, 7) is 0. The van der Waals surface area contributed by atoms with Gasteiger partial charge in [0.05, 0.1) is 60.7 Å². The van der Waals surface area contributed by atoms with Gasteiger partial charge in [-0.2, -0.15) is 0 Å². The number of imidazole rings is 2. The highest BCUT2D eigenvalue weighted by Gasteiger charge is 2.33. The number of hydrogen-bond donors (Lipinski definition) is 2. The smallest absolute Gasteiger partial charge is 0.0956 e. The van der Waals surface area contributed by atoms with Crippen molar-refractivity contribution in [1.82, 2.24) is 19.1 Å². The van der Waals surface area contributed by atoms with Gasteiger partial charge in [0.25, 0.3) is 0 Å². The molecule has 2 aliphatic carbocycles. The van der Waals surface area contributed by atoms with Gasteiger partial charge in [-0.15, -0.1) is 0 Å². The summed E-state index contributed by atoms with van der Waals surface area (Å²) >= 11 is 0. The topological polar surface area (TPSA) is 76.1 Å². The van der Waals surface area contributed by atoms with Crippen LogP contribution in [-0.4, -0.2) is 41.5 Å². The molecule has 2 fully saturated rings. The van der Waals surface area contributed by atoms with Gasteiger partial charge in [-0.3, -0.25) is 0 Å². The third kappa shape index (κ3) is 5.24. The number of aliphatic hydroxyl groups excluding tert-OH is 2. The average molecular weight is 565 g/mol. The minimum Gasteiger partial charge on any atom is -0.393 e. The van der Waals surface area contributed by atoms with E-state index in [9.17, 15) is 10.2 Å². The fourth-order valence-electron chi connectivity index (χ4n) is 8.23. The lowest BCUT2D eigenvalue weighted by atomic mass is 9.82. The summed E-state index contributed by atoms with van der Waals surface area (Å²) in [4.78, 5) is 8.59. The molecule has 2 saturated carbocycles. The van der Waals surface area contributed by atoms with Crippen LogP contribution in [0.1, 0.15) is 100 Å². The molecule has 4 aliphatic rings. The lowest BCUT2D eigenvalue weighted by Crippen LogP contribution is -2.26. The van der Waals surface area contributed by atoms with Gasteiger partial charge in [0.2, 0.25) is 0 Å². The van der Waals surface area contributed by atoms with Gasteiger partial charge >= 0.3 is 0 Å². The van der Waals surface area contributed by atoms with E-state index < -0.39 is 0 Å². The van der Waals surface area contributed by atoms with Crippen molar-refractivity contribution in [1.29, 1.82) is 0 Å². The lowest BCUT2D eigenvalue weighted by molar-refractivity contribution is 0.0684. The van der Waals surface area contributed by atoms with Gasteiger partial charge in [-0.05, 0) is 61.5 Å². The van der Waals surface area contributed by atoms with Crippen molar-refractivity contribution < 1.29 is 10.2 Å². The van der Waals surface area contributed by atoms with E-state index in [-0.39, 0.29) is 24.3 Å². The number of benzene rings is 2. The zero-order chi connectivity index (χ0) is 28.5. The van der Waals surface area contributed by atoms with E-state index in [2.05, 4.69) is 67.6 Å². The van der Waals surface area contributed by atoms with Crippen molar-refractivity contribution in [3.05, 3.63) is 84.7 Å². The van der Waals surface area contributed by atoms with Crippen molar-refractivity contribution in [2.24, 2.45) is 11.8 Å². The van der Waals surface area contributed by atoms with Crippen molar-refractivity contribution in [3.8, 4) is 22.5 Å². The Morgan fingerprint density at radius 3 is 1.43 bits per heavy atom. The summed E-state index contributed by atoms with van der Waals surface area (Å²) < 4.78 is 4.47. The number of aromatic nitrogens is 4. The summed E-state index contributed by atoms with van der Waals surface area (Å²) in [5.41, 5.74) is 7.60. The van der Waals surface area contributed by atoms with Gasteiger partial charge in [-0.1, -0.05) is 87.1 Å². The third-order valence-electron chi connectivity index (χ3n) is 10.5. The van der Waals surface area contributed by atoms with Gasteiger partial charge in [-0.25, -0.2) is 9.97 Å². The molecule has 2 aromatic heterocycles. The minimum atomic E-state index is -0.197. The second-order valence-corrected chi connectivity index (χ2v) is 13.0. The molecule has 2 aromatic carbocycles. The van der Waals surface area contributed by atoms with Gasteiger partial charge in [0, 0.05) is 11.1 Å². The number of aliphatic hydroxyl groups is 2. The lowest BCUT2D eigenvalue weighted by Gasteiger charge is -2.29. The Bertz CT molecular complexity index is 1370. The molecular formula is C36H44N4O2. The zero-order valence-corrected chi connectivity index (χ0v) is 24.6. The maximum Gasteiger partial charge on any atom is 0.0956 e. The average Bonchev–Trinajstić information content (AvgIpc) is 3.83. The van der Waals surface area contributed by atoms with Crippen LogP contribution in [0.25, 0.3) is 22.5 Å². The largest absolute Gasteiger partial charge is 0.393 e. The van der Waals surface area contributed by atoms with Crippen LogP contribution in [0.2, 0.25) is 0 Å². The molecule has 0 saturated heterocycles. The molecule has 8 rings (SSSR count). The first kappa shape index (κ1) is 27.6. The van der Waals surface area contributed by atoms with Crippen molar-refractivity contribution in [2.75, 3.05) is 0 Å². The van der Waals surface area contributed by atoms with Crippen molar-refractivity contribution in [2.45, 2.75) is 101 Å². The van der Waals surface area contributed by atoms with Crippen LogP contribution in [0.5, 0.6) is 0 Å². The predicted octanol–water partition coefficient (Wildman–Crippen LogP) is 7.57. The number of fused-ring (bicyclic) bond motifs is 6. The van der Waals surface area contributed by atoms with Crippen LogP contribution < -0.4 is 0 Å². The maximum atomic E-state index is 10.7. The fourth-order valence-corrected chi connectivity index (χ4v) is 8.23. The van der Waals surface area contributed by atoms with E-state index >= 15 is 0 Å². The van der Waals surface area contributed by atoms with Crippen LogP contribution >= 0.6 is 0 Å². The van der Waals surface area contributed by atoms with Gasteiger partial charge in [0.1, 0.15) is 0 Å². The van der Waals surface area contributed by atoms with E-state index in [0.29, 0.717) is 11.8 Å². The summed E-state index contributed by atoms with van der Waals surface area (Å²) in [7, 11) is 0. The Labute approximate surface area is 249 Å². The molecule has 42 heavy (non-hydrogen) atoms. The van der Waals surface area contributed by atoms with E-state index in [1.165, 1.54) is 97.8 Å². The Balaban J connectivity index is 0.000000137. The number of nitrogens with zero attached hydrogens (tertiary/aromatic N) is 4. The van der Waals surface area contributed by atoms with Crippen molar-refractivity contribution >= 4 is 0 Å². The molecule has 0 amide bonds. The molecule has 0 spiro atoms. The quantitative estimate of drug-likeness (QED) is 0.253. The molecule has 2 aliphatic heterocycles. The summed E-state index contributed by atoms with van der Waals surface area (Å²) in [5, 5.41) is 21.4. The zero-order valence-electron chi connectivity index (χ0n) is 24.6. The van der Waals surface area contributed by atoms with Gasteiger partial charge < -0.3 is 19.3 Å². The molecule has 4 heterocycles. The third-order valence-corrected chi connectivity index (χ3v) is 10.5.